The number of nitrogens with zero attached hydrogens (tertiary/aromatic N) is 1. The van der Waals surface area contributed by atoms with E-state index in [0.29, 0.717) is 13.2 Å². The van der Waals surface area contributed by atoms with Gasteiger partial charge in [0.25, 0.3) is 0 Å². The molecule has 0 atom stereocenters. The molecule has 4 N–H and O–H groups in total. The van der Waals surface area contributed by atoms with Crippen molar-refractivity contribution in [2.45, 2.75) is 13.3 Å². The quantitative estimate of drug-likeness (QED) is 0.319. The summed E-state index contributed by atoms with van der Waals surface area (Å²) in [5, 5.41) is 0. The average molecular weight is 159 g/mol. The summed E-state index contributed by atoms with van der Waals surface area (Å²) in [6, 6.07) is 0. The van der Waals surface area contributed by atoms with Gasteiger partial charge in [-0.15, -0.1) is 0 Å². The van der Waals surface area contributed by atoms with E-state index in [1.54, 1.807) is 6.92 Å². The van der Waals surface area contributed by atoms with Crippen LogP contribution in [0.15, 0.2) is 4.99 Å². The Kier molecular flexibility index (Phi) is 4.89. The lowest BCUT2D eigenvalue weighted by molar-refractivity contribution is -0.142. The number of carbonyl (C=O) groups is 1. The number of rotatable bonds is 4. The first-order chi connectivity index (χ1) is 5.16. The van der Waals surface area contributed by atoms with Crippen molar-refractivity contribution in [3.63, 3.8) is 0 Å². The van der Waals surface area contributed by atoms with Gasteiger partial charge in [-0.3, -0.25) is 9.79 Å². The smallest absolute Gasteiger partial charge is 0.307 e. The molecular weight excluding hydrogens is 146 g/mol. The van der Waals surface area contributed by atoms with Crippen molar-refractivity contribution in [2.75, 3.05) is 13.2 Å². The molecule has 0 amide bonds. The molecule has 0 unspecified atom stereocenters. The second-order valence-corrected chi connectivity index (χ2v) is 1.86. The summed E-state index contributed by atoms with van der Waals surface area (Å²) in [5.74, 6) is -0.285. The Bertz CT molecular complexity index is 152. The van der Waals surface area contributed by atoms with E-state index in [1.807, 2.05) is 0 Å². The molecule has 0 aromatic heterocycles. The molecule has 0 heterocycles. The summed E-state index contributed by atoms with van der Waals surface area (Å²) in [6.45, 7) is 2.43. The highest BCUT2D eigenvalue weighted by molar-refractivity contribution is 5.76. The lowest BCUT2D eigenvalue weighted by Crippen LogP contribution is -2.23. The van der Waals surface area contributed by atoms with Gasteiger partial charge in [-0.2, -0.15) is 0 Å². The Morgan fingerprint density at radius 1 is 1.55 bits per heavy atom. The third-order valence-corrected chi connectivity index (χ3v) is 0.916. The highest BCUT2D eigenvalue weighted by Crippen LogP contribution is 1.86. The van der Waals surface area contributed by atoms with E-state index in [2.05, 4.69) is 9.73 Å². The maximum atomic E-state index is 10.7. The third kappa shape index (κ3) is 6.63. The van der Waals surface area contributed by atoms with Gasteiger partial charge in [0.2, 0.25) is 0 Å². The Morgan fingerprint density at radius 3 is 2.64 bits per heavy atom. The predicted octanol–water partition coefficient (Wildman–Crippen LogP) is -0.787. The van der Waals surface area contributed by atoms with Crippen LogP contribution in [0.25, 0.3) is 0 Å². The normalized spacial score (nSPS) is 8.82. The third-order valence-electron chi connectivity index (χ3n) is 0.916. The van der Waals surface area contributed by atoms with Crippen LogP contribution in [0, 0.1) is 0 Å². The van der Waals surface area contributed by atoms with E-state index in [9.17, 15) is 4.79 Å². The second kappa shape index (κ2) is 5.52. The fourth-order valence-corrected chi connectivity index (χ4v) is 0.509. The number of aliphatic imine (C=N–C) groups is 1. The van der Waals surface area contributed by atoms with Crippen LogP contribution in [-0.2, 0) is 9.53 Å². The average Bonchev–Trinajstić information content (AvgIpc) is 1.87. The highest BCUT2D eigenvalue weighted by Gasteiger charge is 1.98. The molecular formula is C6H13N3O2. The van der Waals surface area contributed by atoms with Crippen molar-refractivity contribution >= 4 is 11.9 Å². The number of ether oxygens (including phenoxy) is 1. The van der Waals surface area contributed by atoms with Gasteiger partial charge in [-0.25, -0.2) is 0 Å². The maximum Gasteiger partial charge on any atom is 0.307 e. The molecule has 0 radical (unpaired) electrons. The molecule has 5 heteroatoms. The standard InChI is InChI=1S/C6H13N3O2/c1-2-11-5(10)3-4-9-6(7)8/h2-4H2,1H3,(H4,7,8,9). The molecule has 0 aliphatic carbocycles. The summed E-state index contributed by atoms with van der Waals surface area (Å²) in [5.41, 5.74) is 10.1. The van der Waals surface area contributed by atoms with Crippen LogP contribution in [0.2, 0.25) is 0 Å². The number of guanidine groups is 1. The zero-order chi connectivity index (χ0) is 8.69. The van der Waals surface area contributed by atoms with E-state index in [0.717, 1.165) is 0 Å². The van der Waals surface area contributed by atoms with Crippen LogP contribution < -0.4 is 11.5 Å². The fourth-order valence-electron chi connectivity index (χ4n) is 0.509. The summed E-state index contributed by atoms with van der Waals surface area (Å²) in [6.07, 6.45) is 0.228. The SMILES string of the molecule is CCOC(=O)CCN=C(N)N. The molecule has 0 saturated carbocycles. The Hall–Kier alpha value is -1.26. The van der Waals surface area contributed by atoms with Gasteiger partial charge in [0.15, 0.2) is 5.96 Å². The van der Waals surface area contributed by atoms with Crippen LogP contribution in [-0.4, -0.2) is 25.1 Å². The first-order valence-electron chi connectivity index (χ1n) is 3.37. The van der Waals surface area contributed by atoms with Gasteiger partial charge in [-0.05, 0) is 6.92 Å². The number of hydrogen-bond donors (Lipinski definition) is 2. The van der Waals surface area contributed by atoms with Crippen molar-refractivity contribution in [1.82, 2.24) is 0 Å². The van der Waals surface area contributed by atoms with Crippen molar-refractivity contribution in [1.29, 1.82) is 0 Å². The summed E-state index contributed by atoms with van der Waals surface area (Å²) >= 11 is 0. The van der Waals surface area contributed by atoms with Gasteiger partial charge in [0.05, 0.1) is 19.6 Å². The predicted molar refractivity (Wildman–Crippen MR) is 41.9 cm³/mol. The molecule has 11 heavy (non-hydrogen) atoms. The van der Waals surface area contributed by atoms with E-state index in [1.165, 1.54) is 0 Å². The molecule has 0 aromatic rings. The fraction of sp³-hybridized carbons (Fsp3) is 0.667. The van der Waals surface area contributed by atoms with Gasteiger partial charge in [0, 0.05) is 0 Å². The molecule has 0 aromatic carbocycles. The Labute approximate surface area is 65.4 Å². The Morgan fingerprint density at radius 2 is 2.18 bits per heavy atom. The van der Waals surface area contributed by atoms with Crippen LogP contribution in [0.3, 0.4) is 0 Å². The van der Waals surface area contributed by atoms with Crippen molar-refractivity contribution in [2.24, 2.45) is 16.5 Å². The summed E-state index contributed by atoms with van der Waals surface area (Å²) in [7, 11) is 0. The van der Waals surface area contributed by atoms with Crippen LogP contribution in [0.1, 0.15) is 13.3 Å². The van der Waals surface area contributed by atoms with Crippen molar-refractivity contribution in [3.05, 3.63) is 0 Å². The molecule has 0 saturated heterocycles. The van der Waals surface area contributed by atoms with E-state index >= 15 is 0 Å². The number of hydrogen-bond acceptors (Lipinski definition) is 3. The van der Waals surface area contributed by atoms with Crippen LogP contribution >= 0.6 is 0 Å². The molecule has 0 rings (SSSR count). The number of nitrogens with two attached hydrogens (primary N) is 2. The van der Waals surface area contributed by atoms with Gasteiger partial charge in [0.1, 0.15) is 0 Å². The minimum absolute atomic E-state index is 0.00528. The van der Waals surface area contributed by atoms with Crippen LogP contribution in [0.5, 0.6) is 0 Å². The first-order valence-corrected chi connectivity index (χ1v) is 3.37. The van der Waals surface area contributed by atoms with Gasteiger partial charge in [-0.1, -0.05) is 0 Å². The van der Waals surface area contributed by atoms with E-state index in [4.69, 9.17) is 11.5 Å². The molecule has 5 nitrogen and oxygen atoms in total. The summed E-state index contributed by atoms with van der Waals surface area (Å²) < 4.78 is 4.63. The van der Waals surface area contributed by atoms with Crippen molar-refractivity contribution < 1.29 is 9.53 Å². The second-order valence-electron chi connectivity index (χ2n) is 1.86. The zero-order valence-electron chi connectivity index (χ0n) is 6.54. The monoisotopic (exact) mass is 159 g/mol. The highest BCUT2D eigenvalue weighted by atomic mass is 16.5. The minimum Gasteiger partial charge on any atom is -0.466 e. The Balaban J connectivity index is 3.39. The number of esters is 1. The van der Waals surface area contributed by atoms with E-state index in [-0.39, 0.29) is 18.3 Å². The topological polar surface area (TPSA) is 90.7 Å². The molecule has 0 aliphatic rings. The molecule has 0 spiro atoms. The van der Waals surface area contributed by atoms with E-state index < -0.39 is 0 Å². The molecule has 64 valence electrons. The van der Waals surface area contributed by atoms with Crippen molar-refractivity contribution in [3.8, 4) is 0 Å². The zero-order valence-corrected chi connectivity index (χ0v) is 6.54. The molecule has 0 aliphatic heterocycles. The number of carbonyl (C=O) groups excluding carboxylic acids is 1. The van der Waals surface area contributed by atoms with Gasteiger partial charge >= 0.3 is 5.97 Å². The lowest BCUT2D eigenvalue weighted by atomic mass is 10.4. The molecule has 0 fully saturated rings. The molecule has 0 bridgehead atoms. The van der Waals surface area contributed by atoms with Gasteiger partial charge < -0.3 is 16.2 Å². The van der Waals surface area contributed by atoms with Crippen LogP contribution in [0.4, 0.5) is 0 Å². The summed E-state index contributed by atoms with van der Waals surface area (Å²) in [4.78, 5) is 14.3. The lowest BCUT2D eigenvalue weighted by Gasteiger charge is -1.97. The first kappa shape index (κ1) is 9.74. The largest absolute Gasteiger partial charge is 0.466 e. The minimum atomic E-state index is -0.280. The maximum absolute atomic E-state index is 10.7.